The molecule has 0 unspecified atom stereocenters. The second kappa shape index (κ2) is 8.96. The lowest BCUT2D eigenvalue weighted by atomic mass is 10.1. The molecular weight excluding hydrogens is 382 g/mol. The number of aromatic nitrogens is 2. The van der Waals surface area contributed by atoms with E-state index in [0.717, 1.165) is 11.7 Å². The van der Waals surface area contributed by atoms with Gasteiger partial charge in [0, 0.05) is 11.6 Å². The lowest BCUT2D eigenvalue weighted by molar-refractivity contribution is -0.142. The summed E-state index contributed by atoms with van der Waals surface area (Å²) in [7, 11) is 3.04. The van der Waals surface area contributed by atoms with Crippen molar-refractivity contribution in [2.45, 2.75) is 0 Å². The summed E-state index contributed by atoms with van der Waals surface area (Å²) >= 11 is 1.06. The predicted octanol–water partition coefficient (Wildman–Crippen LogP) is 2.90. The Bertz CT molecular complexity index is 1030. The first-order chi connectivity index (χ1) is 13.6. The van der Waals surface area contributed by atoms with Gasteiger partial charge in [0.15, 0.2) is 18.1 Å². The molecule has 0 aliphatic carbocycles. The third-order valence-electron chi connectivity index (χ3n) is 3.74. The first-order valence-corrected chi connectivity index (χ1v) is 8.92. The maximum atomic E-state index is 12.0. The standard InChI is InChI=1S/C19H17N3O5S/c1-25-15-8-3-5-12(19(15)26-2)9-10-17(24)27-11-16(23)20-13-6-4-7-14-18(13)22-28-21-14/h3-10H,11H2,1-2H3,(H,20,23)/b10-9+. The summed E-state index contributed by atoms with van der Waals surface area (Å²) in [5.74, 6) is -0.0883. The largest absolute Gasteiger partial charge is 0.493 e. The number of hydrogen-bond donors (Lipinski definition) is 1. The zero-order valence-corrected chi connectivity index (χ0v) is 16.0. The summed E-state index contributed by atoms with van der Waals surface area (Å²) in [6, 6.07) is 10.5. The Balaban J connectivity index is 1.58. The number of benzene rings is 2. The summed E-state index contributed by atoms with van der Waals surface area (Å²) in [5.41, 5.74) is 2.45. The van der Waals surface area contributed by atoms with Gasteiger partial charge in [-0.3, -0.25) is 4.79 Å². The third-order valence-corrected chi connectivity index (χ3v) is 4.28. The van der Waals surface area contributed by atoms with Crippen LogP contribution in [0.4, 0.5) is 5.69 Å². The smallest absolute Gasteiger partial charge is 0.331 e. The van der Waals surface area contributed by atoms with Crippen molar-refractivity contribution in [2.24, 2.45) is 0 Å². The van der Waals surface area contributed by atoms with Crippen LogP contribution in [0.5, 0.6) is 11.5 Å². The number of nitrogens with one attached hydrogen (secondary N) is 1. The van der Waals surface area contributed by atoms with Gasteiger partial charge in [-0.05, 0) is 24.3 Å². The van der Waals surface area contributed by atoms with Crippen molar-refractivity contribution < 1.29 is 23.8 Å². The number of rotatable bonds is 7. The van der Waals surface area contributed by atoms with Crippen molar-refractivity contribution in [3.05, 3.63) is 48.0 Å². The third kappa shape index (κ3) is 4.44. The molecule has 0 fully saturated rings. The van der Waals surface area contributed by atoms with E-state index in [2.05, 4.69) is 14.1 Å². The van der Waals surface area contributed by atoms with Crippen LogP contribution in [-0.4, -0.2) is 41.5 Å². The van der Waals surface area contributed by atoms with Gasteiger partial charge in [-0.25, -0.2) is 4.79 Å². The molecule has 1 amide bonds. The lowest BCUT2D eigenvalue weighted by Crippen LogP contribution is -2.20. The molecule has 2 aromatic carbocycles. The number of carbonyl (C=O) groups excluding carboxylic acids is 2. The minimum atomic E-state index is -0.659. The Morgan fingerprint density at radius 1 is 1.11 bits per heavy atom. The van der Waals surface area contributed by atoms with Crippen molar-refractivity contribution in [3.63, 3.8) is 0 Å². The maximum Gasteiger partial charge on any atom is 0.331 e. The van der Waals surface area contributed by atoms with Crippen LogP contribution in [0.2, 0.25) is 0 Å². The second-order valence-corrected chi connectivity index (χ2v) is 6.04. The van der Waals surface area contributed by atoms with Crippen LogP contribution < -0.4 is 14.8 Å². The fourth-order valence-electron chi connectivity index (χ4n) is 2.48. The minimum Gasteiger partial charge on any atom is -0.493 e. The molecule has 0 radical (unpaired) electrons. The molecule has 0 bridgehead atoms. The zero-order chi connectivity index (χ0) is 19.9. The quantitative estimate of drug-likeness (QED) is 0.482. The highest BCUT2D eigenvalue weighted by atomic mass is 32.1. The fourth-order valence-corrected chi connectivity index (χ4v) is 3.03. The molecule has 1 N–H and O–H groups in total. The van der Waals surface area contributed by atoms with Crippen molar-refractivity contribution in [1.82, 2.24) is 8.75 Å². The number of methoxy groups -OCH3 is 2. The van der Waals surface area contributed by atoms with E-state index in [1.165, 1.54) is 26.4 Å². The number of para-hydroxylation sites is 1. The second-order valence-electron chi connectivity index (χ2n) is 5.51. The van der Waals surface area contributed by atoms with Gasteiger partial charge < -0.3 is 19.5 Å². The first kappa shape index (κ1) is 19.3. The number of hydrogen-bond acceptors (Lipinski definition) is 8. The molecule has 144 valence electrons. The minimum absolute atomic E-state index is 0.424. The average Bonchev–Trinajstić information content (AvgIpc) is 3.20. The normalized spacial score (nSPS) is 10.8. The molecule has 3 rings (SSSR count). The predicted molar refractivity (Wildman–Crippen MR) is 106 cm³/mol. The molecule has 3 aromatic rings. The number of carbonyl (C=O) groups is 2. The highest BCUT2D eigenvalue weighted by Crippen LogP contribution is 2.31. The van der Waals surface area contributed by atoms with Gasteiger partial charge in [0.05, 0.1) is 31.6 Å². The Kier molecular flexibility index (Phi) is 6.18. The van der Waals surface area contributed by atoms with Crippen LogP contribution >= 0.6 is 11.7 Å². The van der Waals surface area contributed by atoms with Crippen LogP contribution in [0.1, 0.15) is 5.56 Å². The van der Waals surface area contributed by atoms with Crippen LogP contribution in [0, 0.1) is 0 Å². The molecule has 0 saturated heterocycles. The van der Waals surface area contributed by atoms with Gasteiger partial charge in [0.2, 0.25) is 0 Å². The molecule has 8 nitrogen and oxygen atoms in total. The number of anilines is 1. The van der Waals surface area contributed by atoms with Gasteiger partial charge in [0.25, 0.3) is 5.91 Å². The van der Waals surface area contributed by atoms with E-state index in [0.29, 0.717) is 33.8 Å². The topological polar surface area (TPSA) is 99.6 Å². The number of nitrogens with zero attached hydrogens (tertiary/aromatic N) is 2. The van der Waals surface area contributed by atoms with Gasteiger partial charge in [-0.2, -0.15) is 8.75 Å². The van der Waals surface area contributed by atoms with E-state index in [1.54, 1.807) is 36.4 Å². The van der Waals surface area contributed by atoms with E-state index in [9.17, 15) is 9.59 Å². The van der Waals surface area contributed by atoms with Crippen molar-refractivity contribution in [1.29, 1.82) is 0 Å². The highest BCUT2D eigenvalue weighted by Gasteiger charge is 2.11. The monoisotopic (exact) mass is 399 g/mol. The van der Waals surface area contributed by atoms with Crippen LogP contribution in [0.15, 0.2) is 42.5 Å². The summed E-state index contributed by atoms with van der Waals surface area (Å²) in [6.45, 7) is -0.424. The lowest BCUT2D eigenvalue weighted by Gasteiger charge is -2.09. The van der Waals surface area contributed by atoms with Crippen LogP contribution in [-0.2, 0) is 14.3 Å². The van der Waals surface area contributed by atoms with Gasteiger partial charge in [-0.1, -0.05) is 18.2 Å². The van der Waals surface area contributed by atoms with Gasteiger partial charge in [-0.15, -0.1) is 0 Å². The molecule has 0 saturated carbocycles. The molecule has 0 spiro atoms. The molecule has 0 aliphatic heterocycles. The van der Waals surface area contributed by atoms with E-state index >= 15 is 0 Å². The molecular formula is C19H17N3O5S. The Labute approximate surface area is 165 Å². The van der Waals surface area contributed by atoms with Gasteiger partial charge >= 0.3 is 5.97 Å². The fraction of sp³-hybridized carbons (Fsp3) is 0.158. The summed E-state index contributed by atoms with van der Waals surface area (Å²) in [5, 5.41) is 2.66. The van der Waals surface area contributed by atoms with Crippen molar-refractivity contribution in [2.75, 3.05) is 26.1 Å². The number of amides is 1. The van der Waals surface area contributed by atoms with Gasteiger partial charge in [0.1, 0.15) is 11.0 Å². The summed E-state index contributed by atoms with van der Waals surface area (Å²) in [6.07, 6.45) is 2.75. The number of esters is 1. The van der Waals surface area contributed by atoms with E-state index in [4.69, 9.17) is 14.2 Å². The van der Waals surface area contributed by atoms with Crippen molar-refractivity contribution >= 4 is 46.4 Å². The SMILES string of the molecule is COc1cccc(/C=C/C(=O)OCC(=O)Nc2cccc3nsnc23)c1OC. The number of fused-ring (bicyclic) bond motifs is 1. The molecule has 1 aromatic heterocycles. The highest BCUT2D eigenvalue weighted by molar-refractivity contribution is 7.00. The Morgan fingerprint density at radius 3 is 2.71 bits per heavy atom. The summed E-state index contributed by atoms with van der Waals surface area (Å²) < 4.78 is 23.7. The molecule has 28 heavy (non-hydrogen) atoms. The van der Waals surface area contributed by atoms with Crippen molar-refractivity contribution in [3.8, 4) is 11.5 Å². The Hall–Kier alpha value is -3.46. The molecule has 0 atom stereocenters. The van der Waals surface area contributed by atoms with E-state index in [1.807, 2.05) is 0 Å². The van der Waals surface area contributed by atoms with E-state index < -0.39 is 18.5 Å². The maximum absolute atomic E-state index is 12.0. The number of ether oxygens (including phenoxy) is 3. The van der Waals surface area contributed by atoms with E-state index in [-0.39, 0.29) is 0 Å². The van der Waals surface area contributed by atoms with Crippen LogP contribution in [0.25, 0.3) is 17.1 Å². The molecule has 1 heterocycles. The molecule has 0 aliphatic rings. The Morgan fingerprint density at radius 2 is 1.93 bits per heavy atom. The zero-order valence-electron chi connectivity index (χ0n) is 15.2. The van der Waals surface area contributed by atoms with Crippen LogP contribution in [0.3, 0.4) is 0 Å². The average molecular weight is 399 g/mol. The summed E-state index contributed by atoms with van der Waals surface area (Å²) in [4.78, 5) is 24.0. The first-order valence-electron chi connectivity index (χ1n) is 8.19. The molecule has 9 heteroatoms.